The van der Waals surface area contributed by atoms with Gasteiger partial charge in [0.1, 0.15) is 0 Å². The fraction of sp³-hybridized carbons (Fsp3) is 1.00. The minimum Gasteiger partial charge on any atom is -0.312 e. The third kappa shape index (κ3) is 5.67. The highest BCUT2D eigenvalue weighted by atomic mass is 32.2. The molecule has 1 saturated carbocycles. The van der Waals surface area contributed by atoms with Gasteiger partial charge in [0, 0.05) is 18.1 Å². The quantitative estimate of drug-likeness (QED) is 0.804. The summed E-state index contributed by atoms with van der Waals surface area (Å²) in [5.41, 5.74) is -0.434. The summed E-state index contributed by atoms with van der Waals surface area (Å²) in [6, 6.07) is 0.516. The highest BCUT2D eigenvalue weighted by Crippen LogP contribution is 2.28. The molecule has 3 unspecified atom stereocenters. The molecule has 0 saturated heterocycles. The summed E-state index contributed by atoms with van der Waals surface area (Å²) < 4.78 is 25.2. The van der Waals surface area contributed by atoms with Crippen molar-refractivity contribution in [2.24, 2.45) is 11.8 Å². The van der Waals surface area contributed by atoms with Gasteiger partial charge in [0.2, 0.25) is 10.0 Å². The average Bonchev–Trinajstić information content (AvgIpc) is 2.12. The van der Waals surface area contributed by atoms with Gasteiger partial charge in [-0.3, -0.25) is 0 Å². The van der Waals surface area contributed by atoms with Gasteiger partial charge in [0.25, 0.3) is 0 Å². The summed E-state index contributed by atoms with van der Waals surface area (Å²) in [5, 5.41) is 3.53. The van der Waals surface area contributed by atoms with Crippen molar-refractivity contribution < 1.29 is 8.42 Å². The smallest absolute Gasteiger partial charge is 0.209 e. The summed E-state index contributed by atoms with van der Waals surface area (Å²) in [6.07, 6.45) is 4.93. The van der Waals surface area contributed by atoms with E-state index in [0.29, 0.717) is 18.5 Å². The van der Waals surface area contributed by atoms with Crippen molar-refractivity contribution in [3.8, 4) is 0 Å². The Balaban J connectivity index is 2.44. The number of hydrogen-bond acceptors (Lipinski definition) is 3. The zero-order chi connectivity index (χ0) is 14.0. The van der Waals surface area contributed by atoms with Crippen LogP contribution in [0, 0.1) is 11.8 Å². The van der Waals surface area contributed by atoms with E-state index in [-0.39, 0.29) is 0 Å². The molecular weight excluding hydrogens is 248 g/mol. The highest BCUT2D eigenvalue weighted by molar-refractivity contribution is 7.88. The van der Waals surface area contributed by atoms with Crippen molar-refractivity contribution in [1.29, 1.82) is 0 Å². The second-order valence-corrected chi connectivity index (χ2v) is 8.39. The van der Waals surface area contributed by atoms with Crippen molar-refractivity contribution in [1.82, 2.24) is 10.0 Å². The number of hydrogen-bond donors (Lipinski definition) is 2. The number of nitrogens with one attached hydrogen (secondary N) is 2. The van der Waals surface area contributed by atoms with Crippen molar-refractivity contribution in [3.05, 3.63) is 0 Å². The summed E-state index contributed by atoms with van der Waals surface area (Å²) in [4.78, 5) is 0. The molecule has 0 aromatic rings. The Hall–Kier alpha value is -0.130. The highest BCUT2D eigenvalue weighted by Gasteiger charge is 2.28. The maximum Gasteiger partial charge on any atom is 0.209 e. The predicted molar refractivity (Wildman–Crippen MR) is 76.0 cm³/mol. The Bertz CT molecular complexity index is 365. The molecule has 18 heavy (non-hydrogen) atoms. The molecule has 108 valence electrons. The first-order chi connectivity index (χ1) is 8.09. The van der Waals surface area contributed by atoms with Crippen LogP contribution in [0.5, 0.6) is 0 Å². The molecule has 1 aliphatic rings. The monoisotopic (exact) mass is 276 g/mol. The molecule has 3 atom stereocenters. The standard InChI is InChI=1S/C13H28N2O2S/c1-10-6-7-12(11(2)8-10)14-9-13(3,4)15-18(5,16)17/h10-12,14-15H,6-9H2,1-5H3. The molecular formula is C13H28N2O2S. The Labute approximate surface area is 112 Å². The molecule has 0 aromatic carbocycles. The van der Waals surface area contributed by atoms with E-state index >= 15 is 0 Å². The van der Waals surface area contributed by atoms with Gasteiger partial charge in [0.15, 0.2) is 0 Å². The fourth-order valence-electron chi connectivity index (χ4n) is 2.89. The molecule has 0 spiro atoms. The molecule has 0 amide bonds. The van der Waals surface area contributed by atoms with E-state index in [9.17, 15) is 8.42 Å². The lowest BCUT2D eigenvalue weighted by molar-refractivity contribution is 0.217. The molecule has 0 radical (unpaired) electrons. The molecule has 1 fully saturated rings. The van der Waals surface area contributed by atoms with Crippen molar-refractivity contribution in [3.63, 3.8) is 0 Å². The Kier molecular flexibility index (Phi) is 5.21. The fourth-order valence-corrected chi connectivity index (χ4v) is 3.97. The van der Waals surface area contributed by atoms with Crippen LogP contribution in [0.1, 0.15) is 47.0 Å². The van der Waals surface area contributed by atoms with Gasteiger partial charge in [-0.25, -0.2) is 13.1 Å². The van der Waals surface area contributed by atoms with Gasteiger partial charge in [-0.2, -0.15) is 0 Å². The lowest BCUT2D eigenvalue weighted by Crippen LogP contribution is -2.53. The Morgan fingerprint density at radius 2 is 1.83 bits per heavy atom. The van der Waals surface area contributed by atoms with Crippen molar-refractivity contribution in [2.75, 3.05) is 12.8 Å². The minimum atomic E-state index is -3.15. The van der Waals surface area contributed by atoms with Gasteiger partial charge in [-0.05, 0) is 44.9 Å². The van der Waals surface area contributed by atoms with Crippen LogP contribution in [0.2, 0.25) is 0 Å². The minimum absolute atomic E-state index is 0.434. The van der Waals surface area contributed by atoms with Crippen LogP contribution < -0.4 is 10.0 Å². The van der Waals surface area contributed by atoms with E-state index in [0.717, 1.165) is 5.92 Å². The Morgan fingerprint density at radius 1 is 1.22 bits per heavy atom. The van der Waals surface area contributed by atoms with E-state index in [1.165, 1.54) is 25.5 Å². The lowest BCUT2D eigenvalue weighted by atomic mass is 9.79. The molecule has 1 rings (SSSR count). The van der Waals surface area contributed by atoms with Crippen LogP contribution >= 0.6 is 0 Å². The molecule has 0 aromatic heterocycles. The van der Waals surface area contributed by atoms with Gasteiger partial charge in [0.05, 0.1) is 6.26 Å². The Morgan fingerprint density at radius 3 is 2.33 bits per heavy atom. The van der Waals surface area contributed by atoms with E-state index in [1.807, 2.05) is 13.8 Å². The van der Waals surface area contributed by atoms with Gasteiger partial charge in [-0.15, -0.1) is 0 Å². The average molecular weight is 276 g/mol. The first kappa shape index (κ1) is 15.9. The molecule has 2 N–H and O–H groups in total. The number of sulfonamides is 1. The van der Waals surface area contributed by atoms with Gasteiger partial charge >= 0.3 is 0 Å². The van der Waals surface area contributed by atoms with Crippen LogP contribution in [0.3, 0.4) is 0 Å². The molecule has 4 nitrogen and oxygen atoms in total. The third-order valence-electron chi connectivity index (χ3n) is 3.70. The van der Waals surface area contributed by atoms with Crippen LogP contribution in [0.15, 0.2) is 0 Å². The molecule has 0 aliphatic heterocycles. The predicted octanol–water partition coefficient (Wildman–Crippen LogP) is 1.73. The summed E-state index contributed by atoms with van der Waals surface area (Å²) in [6.45, 7) is 9.09. The third-order valence-corrected chi connectivity index (χ3v) is 4.62. The number of rotatable bonds is 5. The van der Waals surface area contributed by atoms with Gasteiger partial charge in [-0.1, -0.05) is 13.8 Å². The second-order valence-electron chi connectivity index (χ2n) is 6.64. The summed E-state index contributed by atoms with van der Waals surface area (Å²) in [5.74, 6) is 1.49. The SMILES string of the molecule is CC1CCC(NCC(C)(C)NS(C)(=O)=O)C(C)C1. The van der Waals surface area contributed by atoms with Crippen molar-refractivity contribution >= 4 is 10.0 Å². The molecule has 5 heteroatoms. The van der Waals surface area contributed by atoms with E-state index in [2.05, 4.69) is 23.9 Å². The van der Waals surface area contributed by atoms with E-state index in [4.69, 9.17) is 0 Å². The molecule has 0 bridgehead atoms. The first-order valence-corrected chi connectivity index (χ1v) is 8.70. The maximum absolute atomic E-state index is 11.3. The zero-order valence-electron chi connectivity index (χ0n) is 12.3. The molecule has 1 aliphatic carbocycles. The zero-order valence-corrected chi connectivity index (χ0v) is 13.1. The lowest BCUT2D eigenvalue weighted by Gasteiger charge is -2.36. The topological polar surface area (TPSA) is 58.2 Å². The van der Waals surface area contributed by atoms with Crippen molar-refractivity contribution in [2.45, 2.75) is 58.5 Å². The van der Waals surface area contributed by atoms with Crippen LogP contribution in [0.25, 0.3) is 0 Å². The van der Waals surface area contributed by atoms with E-state index < -0.39 is 15.6 Å². The van der Waals surface area contributed by atoms with Crippen LogP contribution in [-0.2, 0) is 10.0 Å². The summed E-state index contributed by atoms with van der Waals surface area (Å²) >= 11 is 0. The largest absolute Gasteiger partial charge is 0.312 e. The normalized spacial score (nSPS) is 30.4. The van der Waals surface area contributed by atoms with Gasteiger partial charge < -0.3 is 5.32 Å². The van der Waals surface area contributed by atoms with Crippen LogP contribution in [-0.4, -0.2) is 32.8 Å². The first-order valence-electron chi connectivity index (χ1n) is 6.81. The van der Waals surface area contributed by atoms with Crippen LogP contribution in [0.4, 0.5) is 0 Å². The summed E-state index contributed by atoms with van der Waals surface area (Å²) in [7, 11) is -3.15. The maximum atomic E-state index is 11.3. The molecule has 0 heterocycles. The van der Waals surface area contributed by atoms with E-state index in [1.54, 1.807) is 0 Å². The second kappa shape index (κ2) is 5.88.